The molecule has 3 aromatic rings. The average molecular weight is 639 g/mol. The maximum Gasteiger partial charge on any atom is 3.00 e. The second-order valence-corrected chi connectivity index (χ2v) is 6.61. The maximum atomic E-state index is 13.3. The van der Waals surface area contributed by atoms with Crippen LogP contribution < -0.4 is 5.01 Å². The minimum absolute atomic E-state index is 0. The van der Waals surface area contributed by atoms with Crippen LogP contribution in [-0.2, 0) is 32.7 Å². The van der Waals surface area contributed by atoms with Gasteiger partial charge in [0.15, 0.2) is 0 Å². The summed E-state index contributed by atoms with van der Waals surface area (Å²) >= 11 is 0. The van der Waals surface area contributed by atoms with Crippen LogP contribution in [0.1, 0.15) is 18.1 Å². The molecule has 1 aliphatic rings. The van der Waals surface area contributed by atoms with Gasteiger partial charge in [-0.15, -0.1) is 18.8 Å². The summed E-state index contributed by atoms with van der Waals surface area (Å²) in [6, 6.07) is 12.9. The molecular formula is C22H17F5IrN5. The number of hydrazone groups is 1. The zero-order valence-corrected chi connectivity index (χ0v) is 19.8. The Morgan fingerprint density at radius 1 is 1.09 bits per heavy atom. The minimum Gasteiger partial charge on any atom is -0.493 e. The van der Waals surface area contributed by atoms with Crippen LogP contribution in [0.3, 0.4) is 0 Å². The van der Waals surface area contributed by atoms with Crippen LogP contribution in [0, 0.1) is 30.7 Å². The van der Waals surface area contributed by atoms with Crippen LogP contribution in [0.15, 0.2) is 47.7 Å². The molecular weight excluding hydrogens is 621 g/mol. The summed E-state index contributed by atoms with van der Waals surface area (Å²) in [5, 5.41) is 5.39. The first-order chi connectivity index (χ1) is 15.2. The first-order valence-corrected chi connectivity index (χ1v) is 9.35. The summed E-state index contributed by atoms with van der Waals surface area (Å²) in [6.07, 6.45) is -0.369. The van der Waals surface area contributed by atoms with Crippen LogP contribution in [0.4, 0.5) is 27.6 Å². The standard InChI is InChI=1S/C12H9F2N2.C10H8F3N3.Ir/c1-2-8-5-6-15-10(7-8)9-3-4-11(13)16-12(9)14;1-15-6-14-16(7-15)9-4-2-8(3-5-9)10(11,12)13;/h4-7H,2H2,1H3;2-4,6-7H,1H3;/q-1;-2;+3. The number of nitrogens with zero attached hydrogens (tertiary/aromatic N) is 5. The van der Waals surface area contributed by atoms with Crippen molar-refractivity contribution in [2.75, 3.05) is 12.1 Å². The third kappa shape index (κ3) is 7.03. The van der Waals surface area contributed by atoms with Gasteiger partial charge < -0.3 is 14.9 Å². The van der Waals surface area contributed by atoms with Gasteiger partial charge in [-0.25, -0.2) is 8.78 Å². The molecule has 3 heterocycles. The van der Waals surface area contributed by atoms with Gasteiger partial charge in [0.1, 0.15) is 11.9 Å². The molecule has 0 bridgehead atoms. The Hall–Kier alpha value is -2.91. The zero-order valence-electron chi connectivity index (χ0n) is 17.4. The smallest absolute Gasteiger partial charge is 0.493 e. The first kappa shape index (κ1) is 26.3. The van der Waals surface area contributed by atoms with Crippen LogP contribution in [0.5, 0.6) is 0 Å². The van der Waals surface area contributed by atoms with E-state index in [1.54, 1.807) is 37.2 Å². The van der Waals surface area contributed by atoms with E-state index in [4.69, 9.17) is 0 Å². The summed E-state index contributed by atoms with van der Waals surface area (Å²) < 4.78 is 62.8. The Kier molecular flexibility index (Phi) is 9.01. The Balaban J connectivity index is 0.000000227. The number of halogens is 5. The van der Waals surface area contributed by atoms with Crippen molar-refractivity contribution in [2.24, 2.45) is 5.10 Å². The van der Waals surface area contributed by atoms with Gasteiger partial charge in [-0.1, -0.05) is 41.4 Å². The largest absolute Gasteiger partial charge is 3.00 e. The van der Waals surface area contributed by atoms with Gasteiger partial charge in [0, 0.05) is 6.20 Å². The molecule has 0 N–H and O–H groups in total. The molecule has 0 unspecified atom stereocenters. The number of hydrogen-bond donors (Lipinski definition) is 0. The third-order valence-corrected chi connectivity index (χ3v) is 4.26. The maximum absolute atomic E-state index is 13.3. The van der Waals surface area contributed by atoms with E-state index in [0.717, 1.165) is 30.2 Å². The van der Waals surface area contributed by atoms with Crippen molar-refractivity contribution in [1.29, 1.82) is 0 Å². The molecule has 5 nitrogen and oxygen atoms in total. The fraction of sp³-hybridized carbons (Fsp3) is 0.182. The Bertz CT molecular complexity index is 1090. The molecule has 0 radical (unpaired) electrons. The first-order valence-electron chi connectivity index (χ1n) is 9.35. The molecule has 33 heavy (non-hydrogen) atoms. The summed E-state index contributed by atoms with van der Waals surface area (Å²) in [4.78, 5) is 8.80. The molecule has 0 amide bonds. The fourth-order valence-electron chi connectivity index (χ4n) is 2.61. The third-order valence-electron chi connectivity index (χ3n) is 4.26. The van der Waals surface area contributed by atoms with Crippen LogP contribution in [0.2, 0.25) is 0 Å². The van der Waals surface area contributed by atoms with Crippen molar-refractivity contribution >= 4 is 12.0 Å². The van der Waals surface area contributed by atoms with E-state index >= 15 is 0 Å². The minimum atomic E-state index is -4.33. The normalized spacial score (nSPS) is 12.8. The van der Waals surface area contributed by atoms with E-state index in [1.165, 1.54) is 11.1 Å². The Morgan fingerprint density at radius 2 is 1.85 bits per heavy atom. The van der Waals surface area contributed by atoms with E-state index in [2.05, 4.69) is 27.2 Å². The number of rotatable bonds is 3. The number of hydrogen-bond acceptors (Lipinski definition) is 5. The Labute approximate surface area is 201 Å². The zero-order chi connectivity index (χ0) is 23.3. The molecule has 11 heteroatoms. The van der Waals surface area contributed by atoms with Crippen molar-refractivity contribution in [3.8, 4) is 11.3 Å². The predicted molar refractivity (Wildman–Crippen MR) is 109 cm³/mol. The summed E-state index contributed by atoms with van der Waals surface area (Å²) in [6.45, 7) is 3.63. The molecule has 1 aromatic carbocycles. The van der Waals surface area contributed by atoms with Crippen molar-refractivity contribution in [1.82, 2.24) is 14.9 Å². The van der Waals surface area contributed by atoms with Crippen molar-refractivity contribution in [2.45, 2.75) is 19.5 Å². The molecule has 0 fully saturated rings. The molecule has 174 valence electrons. The fourth-order valence-corrected chi connectivity index (χ4v) is 2.61. The van der Waals surface area contributed by atoms with Crippen LogP contribution in [0.25, 0.3) is 11.3 Å². The quantitative estimate of drug-likeness (QED) is 0.228. The molecule has 2 aromatic heterocycles. The molecule has 1 aliphatic heterocycles. The van der Waals surface area contributed by atoms with E-state index in [9.17, 15) is 22.0 Å². The summed E-state index contributed by atoms with van der Waals surface area (Å²) in [5.74, 6) is -1.77. The number of benzene rings is 1. The monoisotopic (exact) mass is 639 g/mol. The number of aryl methyl sites for hydroxylation is 1. The van der Waals surface area contributed by atoms with E-state index in [1.807, 2.05) is 13.0 Å². The van der Waals surface area contributed by atoms with Gasteiger partial charge in [-0.05, 0) is 25.2 Å². The molecule has 0 saturated heterocycles. The van der Waals surface area contributed by atoms with E-state index in [-0.39, 0.29) is 25.7 Å². The number of anilines is 1. The molecule has 0 atom stereocenters. The summed E-state index contributed by atoms with van der Waals surface area (Å²) in [5.41, 5.74) is 1.30. The number of aromatic nitrogens is 2. The van der Waals surface area contributed by atoms with Crippen molar-refractivity contribution in [3.63, 3.8) is 0 Å². The van der Waals surface area contributed by atoms with Gasteiger partial charge in [0.25, 0.3) is 0 Å². The molecule has 0 aliphatic carbocycles. The van der Waals surface area contributed by atoms with Gasteiger partial charge in [0.05, 0.1) is 6.34 Å². The van der Waals surface area contributed by atoms with Crippen LogP contribution in [-0.4, -0.2) is 28.3 Å². The second kappa shape index (κ2) is 11.3. The summed E-state index contributed by atoms with van der Waals surface area (Å²) in [7, 11) is 1.77. The van der Waals surface area contributed by atoms with Gasteiger partial charge in [-0.3, -0.25) is 4.98 Å². The van der Waals surface area contributed by atoms with Gasteiger partial charge in [0.2, 0.25) is 0 Å². The van der Waals surface area contributed by atoms with Crippen molar-refractivity contribution < 1.29 is 42.1 Å². The van der Waals surface area contributed by atoms with Gasteiger partial charge >= 0.3 is 26.3 Å². The van der Waals surface area contributed by atoms with E-state index < -0.39 is 23.6 Å². The van der Waals surface area contributed by atoms with Crippen LogP contribution >= 0.6 is 0 Å². The SMILES string of the molecule is CCc1ccnc(-c2[c-]cc(F)nc2F)c1.CN1C=NN(c2[c-]cc(C(F)(F)F)cc2)[CH-]1.[Ir+3]. The molecule has 0 saturated carbocycles. The predicted octanol–water partition coefficient (Wildman–Crippen LogP) is 5.10. The average Bonchev–Trinajstić information content (AvgIpc) is 3.20. The van der Waals surface area contributed by atoms with E-state index in [0.29, 0.717) is 11.4 Å². The van der Waals surface area contributed by atoms with Gasteiger partial charge in [-0.2, -0.15) is 36.5 Å². The van der Waals surface area contributed by atoms with Crippen molar-refractivity contribution in [3.05, 3.63) is 84.4 Å². The second-order valence-electron chi connectivity index (χ2n) is 6.61. The molecule has 4 rings (SSSR count). The Morgan fingerprint density at radius 3 is 2.39 bits per heavy atom. The number of pyridine rings is 2. The number of alkyl halides is 3. The molecule has 0 spiro atoms. The topological polar surface area (TPSA) is 44.6 Å².